The molecule has 0 aliphatic carbocycles. The zero-order valence-electron chi connectivity index (χ0n) is 8.81. The van der Waals surface area contributed by atoms with Gasteiger partial charge in [0, 0.05) is 17.8 Å². The molecule has 0 aliphatic rings. The van der Waals surface area contributed by atoms with Crippen molar-refractivity contribution in [3.8, 4) is 6.07 Å². The van der Waals surface area contributed by atoms with E-state index in [1.807, 2.05) is 6.07 Å². The molecule has 0 aromatic carbocycles. The summed E-state index contributed by atoms with van der Waals surface area (Å²) in [7, 11) is 0. The first-order valence-electron chi connectivity index (χ1n) is 4.70. The lowest BCUT2D eigenvalue weighted by Crippen LogP contribution is -2.12. The Hall–Kier alpha value is -2.68. The van der Waals surface area contributed by atoms with E-state index in [1.54, 1.807) is 6.92 Å². The second-order valence-electron chi connectivity index (χ2n) is 3.49. The number of H-pyrrole nitrogens is 1. The van der Waals surface area contributed by atoms with E-state index >= 15 is 0 Å². The standard InChI is InChI=1S/C11H7N3O3/c1-5-3-13-7(2-12)9-8(5)6(4-14-9)10(15)11(16)17/h3-4,14H,1H3,(H,16,17). The van der Waals surface area contributed by atoms with Gasteiger partial charge >= 0.3 is 5.97 Å². The number of pyridine rings is 1. The summed E-state index contributed by atoms with van der Waals surface area (Å²) < 4.78 is 0. The molecule has 17 heavy (non-hydrogen) atoms. The molecule has 0 saturated heterocycles. The Balaban J connectivity index is 2.82. The van der Waals surface area contributed by atoms with Gasteiger partial charge in [0.25, 0.3) is 5.78 Å². The summed E-state index contributed by atoms with van der Waals surface area (Å²) in [4.78, 5) is 28.7. The number of aromatic nitrogens is 2. The summed E-state index contributed by atoms with van der Waals surface area (Å²) in [6, 6.07) is 1.88. The number of hydrogen-bond donors (Lipinski definition) is 2. The third kappa shape index (κ3) is 1.54. The van der Waals surface area contributed by atoms with Crippen LogP contribution in [0.15, 0.2) is 12.4 Å². The molecule has 2 aromatic rings. The number of carbonyl (C=O) groups excluding carboxylic acids is 1. The van der Waals surface area contributed by atoms with Crippen molar-refractivity contribution in [3.63, 3.8) is 0 Å². The van der Waals surface area contributed by atoms with Crippen molar-refractivity contribution >= 4 is 22.7 Å². The molecule has 0 amide bonds. The molecule has 2 rings (SSSR count). The van der Waals surface area contributed by atoms with Crippen molar-refractivity contribution in [2.45, 2.75) is 6.92 Å². The number of ketones is 1. The number of nitrogens with zero attached hydrogens (tertiary/aromatic N) is 2. The van der Waals surface area contributed by atoms with Gasteiger partial charge in [0.1, 0.15) is 6.07 Å². The highest BCUT2D eigenvalue weighted by Crippen LogP contribution is 2.24. The summed E-state index contributed by atoms with van der Waals surface area (Å²) in [6.45, 7) is 1.70. The van der Waals surface area contributed by atoms with Crippen molar-refractivity contribution in [1.29, 1.82) is 5.26 Å². The molecule has 6 heteroatoms. The highest BCUT2D eigenvalue weighted by atomic mass is 16.4. The average Bonchev–Trinajstić information content (AvgIpc) is 2.74. The predicted molar refractivity (Wildman–Crippen MR) is 57.5 cm³/mol. The van der Waals surface area contributed by atoms with Crippen LogP contribution < -0.4 is 0 Å². The van der Waals surface area contributed by atoms with Gasteiger partial charge in [0.2, 0.25) is 0 Å². The minimum Gasteiger partial charge on any atom is -0.475 e. The van der Waals surface area contributed by atoms with Gasteiger partial charge in [-0.1, -0.05) is 0 Å². The Bertz CT molecular complexity index is 679. The summed E-state index contributed by atoms with van der Waals surface area (Å²) in [5, 5.41) is 18.0. The Morgan fingerprint density at radius 2 is 2.24 bits per heavy atom. The van der Waals surface area contributed by atoms with E-state index in [9.17, 15) is 9.59 Å². The number of carbonyl (C=O) groups is 2. The van der Waals surface area contributed by atoms with Crippen LogP contribution in [0.2, 0.25) is 0 Å². The van der Waals surface area contributed by atoms with Crippen LogP contribution in [-0.2, 0) is 4.79 Å². The molecule has 0 bridgehead atoms. The van der Waals surface area contributed by atoms with Gasteiger partial charge in [-0.25, -0.2) is 9.78 Å². The fraction of sp³-hybridized carbons (Fsp3) is 0.0909. The number of hydrogen-bond acceptors (Lipinski definition) is 4. The minimum atomic E-state index is -1.53. The highest BCUT2D eigenvalue weighted by Gasteiger charge is 2.21. The molecule has 6 nitrogen and oxygen atoms in total. The normalized spacial score (nSPS) is 10.1. The molecule has 2 N–H and O–H groups in total. The smallest absolute Gasteiger partial charge is 0.377 e. The largest absolute Gasteiger partial charge is 0.475 e. The van der Waals surface area contributed by atoms with Gasteiger partial charge in [0.05, 0.1) is 11.1 Å². The number of aromatic amines is 1. The third-order valence-corrected chi connectivity index (χ3v) is 2.44. The number of carboxylic acids is 1. The lowest BCUT2D eigenvalue weighted by molar-refractivity contribution is -0.131. The molecule has 0 fully saturated rings. The number of fused-ring (bicyclic) bond motifs is 1. The second kappa shape index (κ2) is 3.72. The number of nitriles is 1. The summed E-state index contributed by atoms with van der Waals surface area (Å²) in [5.41, 5.74) is 1.21. The van der Waals surface area contributed by atoms with E-state index in [1.165, 1.54) is 12.4 Å². The first-order valence-corrected chi connectivity index (χ1v) is 4.70. The molecular weight excluding hydrogens is 222 g/mol. The summed E-state index contributed by atoms with van der Waals surface area (Å²) in [6.07, 6.45) is 2.73. The lowest BCUT2D eigenvalue weighted by atomic mass is 10.1. The van der Waals surface area contributed by atoms with Gasteiger partial charge in [-0.3, -0.25) is 4.79 Å². The molecule has 0 unspecified atom stereocenters. The molecule has 84 valence electrons. The second-order valence-corrected chi connectivity index (χ2v) is 3.49. The number of Topliss-reactive ketones (excluding diaryl/α,β-unsaturated/α-hetero) is 1. The van der Waals surface area contributed by atoms with Gasteiger partial charge in [-0.15, -0.1) is 0 Å². The first kappa shape index (κ1) is 10.8. The van der Waals surface area contributed by atoms with Crippen LogP contribution in [0.4, 0.5) is 0 Å². The van der Waals surface area contributed by atoms with Crippen LogP contribution >= 0.6 is 0 Å². The topological polar surface area (TPSA) is 107 Å². The first-order chi connectivity index (χ1) is 8.06. The summed E-state index contributed by atoms with van der Waals surface area (Å²) in [5.74, 6) is -2.53. The monoisotopic (exact) mass is 229 g/mol. The number of aryl methyl sites for hydroxylation is 1. The predicted octanol–water partition coefficient (Wildman–Crippen LogP) is 1.01. The fourth-order valence-electron chi connectivity index (χ4n) is 1.69. The van der Waals surface area contributed by atoms with Crippen molar-refractivity contribution in [3.05, 3.63) is 29.2 Å². The summed E-state index contributed by atoms with van der Waals surface area (Å²) >= 11 is 0. The van der Waals surface area contributed by atoms with E-state index < -0.39 is 11.8 Å². The Kier molecular flexibility index (Phi) is 2.37. The molecule has 0 saturated carbocycles. The van der Waals surface area contributed by atoms with E-state index in [2.05, 4.69) is 9.97 Å². The quantitative estimate of drug-likeness (QED) is 0.590. The van der Waals surface area contributed by atoms with Crippen LogP contribution in [0.1, 0.15) is 21.6 Å². The molecular formula is C11H7N3O3. The number of nitrogens with one attached hydrogen (secondary N) is 1. The molecule has 0 radical (unpaired) electrons. The van der Waals surface area contributed by atoms with Crippen LogP contribution in [0.3, 0.4) is 0 Å². The van der Waals surface area contributed by atoms with Crippen molar-refractivity contribution in [2.24, 2.45) is 0 Å². The Morgan fingerprint density at radius 1 is 1.53 bits per heavy atom. The molecule has 2 heterocycles. The molecule has 0 atom stereocenters. The van der Waals surface area contributed by atoms with Crippen molar-refractivity contribution in [1.82, 2.24) is 9.97 Å². The maximum atomic E-state index is 11.4. The SMILES string of the molecule is Cc1cnc(C#N)c2[nH]cc(C(=O)C(=O)O)c12. The van der Waals surface area contributed by atoms with E-state index in [-0.39, 0.29) is 11.3 Å². The number of rotatable bonds is 2. The average molecular weight is 229 g/mol. The van der Waals surface area contributed by atoms with Gasteiger partial charge < -0.3 is 10.1 Å². The minimum absolute atomic E-state index is 0.0453. The third-order valence-electron chi connectivity index (χ3n) is 2.44. The van der Waals surface area contributed by atoms with Crippen molar-refractivity contribution < 1.29 is 14.7 Å². The zero-order valence-corrected chi connectivity index (χ0v) is 8.81. The lowest BCUT2D eigenvalue weighted by Gasteiger charge is -1.99. The molecule has 2 aromatic heterocycles. The zero-order chi connectivity index (χ0) is 12.6. The van der Waals surface area contributed by atoms with Gasteiger partial charge in [-0.2, -0.15) is 5.26 Å². The molecule has 0 aliphatic heterocycles. The Morgan fingerprint density at radius 3 is 2.82 bits per heavy atom. The van der Waals surface area contributed by atoms with Crippen molar-refractivity contribution in [2.75, 3.05) is 0 Å². The number of aliphatic carboxylic acids is 1. The van der Waals surface area contributed by atoms with Crippen LogP contribution in [0.5, 0.6) is 0 Å². The Labute approximate surface area is 95.5 Å². The fourth-order valence-corrected chi connectivity index (χ4v) is 1.69. The van der Waals surface area contributed by atoms with E-state index in [4.69, 9.17) is 10.4 Å². The van der Waals surface area contributed by atoms with Crippen LogP contribution in [-0.4, -0.2) is 26.8 Å². The maximum Gasteiger partial charge on any atom is 0.377 e. The number of carboxylic acid groups (broad SMARTS) is 1. The molecule has 0 spiro atoms. The van der Waals surface area contributed by atoms with E-state index in [0.717, 1.165) is 0 Å². The highest BCUT2D eigenvalue weighted by molar-refractivity contribution is 6.42. The van der Waals surface area contributed by atoms with Crippen LogP contribution in [0.25, 0.3) is 10.9 Å². The van der Waals surface area contributed by atoms with Gasteiger partial charge in [0.15, 0.2) is 5.69 Å². The van der Waals surface area contributed by atoms with Crippen LogP contribution in [0, 0.1) is 18.3 Å². The van der Waals surface area contributed by atoms with Gasteiger partial charge in [-0.05, 0) is 12.5 Å². The van der Waals surface area contributed by atoms with E-state index in [0.29, 0.717) is 16.5 Å². The maximum absolute atomic E-state index is 11.4.